The third kappa shape index (κ3) is 5.72. The molecule has 1 fully saturated rings. The fourth-order valence-electron chi connectivity index (χ4n) is 5.11. The van der Waals surface area contributed by atoms with Crippen molar-refractivity contribution in [2.75, 3.05) is 45.7 Å². The summed E-state index contributed by atoms with van der Waals surface area (Å²) in [6.07, 6.45) is 8.53. The number of rotatable bonds is 9. The van der Waals surface area contributed by atoms with Crippen LogP contribution in [0.25, 0.3) is 0 Å². The summed E-state index contributed by atoms with van der Waals surface area (Å²) in [5.41, 5.74) is 9.61. The molecule has 0 radical (unpaired) electrons. The molecule has 2 heterocycles. The predicted molar refractivity (Wildman–Crippen MR) is 150 cm³/mol. The largest absolute Gasteiger partial charge is 0.404 e. The number of aliphatic imine (C=N–C) groups is 1. The molecule has 2 unspecified atom stereocenters. The number of benzene rings is 1. The number of carbonyl (C=O) groups is 1. The molecule has 7 nitrogen and oxygen atoms in total. The highest BCUT2D eigenvalue weighted by Crippen LogP contribution is 2.53. The second-order valence-corrected chi connectivity index (χ2v) is 11.4. The summed E-state index contributed by atoms with van der Waals surface area (Å²) in [6.45, 7) is 4.16. The first kappa shape index (κ1) is 26.9. The van der Waals surface area contributed by atoms with E-state index in [1.807, 2.05) is 25.4 Å². The van der Waals surface area contributed by atoms with Gasteiger partial charge in [-0.05, 0) is 82.7 Å². The van der Waals surface area contributed by atoms with Gasteiger partial charge in [0.2, 0.25) is 0 Å². The van der Waals surface area contributed by atoms with Gasteiger partial charge in [0.05, 0.1) is 5.41 Å². The number of fused-ring (bicyclic) bond motifs is 1. The van der Waals surface area contributed by atoms with Crippen LogP contribution < -0.4 is 16.4 Å². The molecule has 0 amide bonds. The van der Waals surface area contributed by atoms with Gasteiger partial charge in [-0.1, -0.05) is 11.6 Å². The first-order chi connectivity index (χ1) is 17.9. The van der Waals surface area contributed by atoms with Crippen LogP contribution in [0, 0.1) is 11.2 Å². The molecule has 2 atom stereocenters. The minimum atomic E-state index is -0.765. The molecule has 1 aliphatic carbocycles. The van der Waals surface area contributed by atoms with Crippen molar-refractivity contribution in [3.05, 3.63) is 94.6 Å². The molecule has 4 N–H and O–H groups in total. The van der Waals surface area contributed by atoms with E-state index in [0.717, 1.165) is 40.8 Å². The van der Waals surface area contributed by atoms with Crippen LogP contribution >= 0.6 is 8.07 Å². The Hall–Kier alpha value is -3.19. The van der Waals surface area contributed by atoms with Gasteiger partial charge < -0.3 is 16.4 Å². The maximum Gasteiger partial charge on any atom is 0.192 e. The summed E-state index contributed by atoms with van der Waals surface area (Å²) in [5.74, 6) is -0.247. The SMILES string of the molecule is CN=CC(=CN)P(C)N1CCC2=CC(Nc3ccc(F)cc3)=C(CNC)CC2(C(=O)c2ccccn2)C1. The number of Topliss-reactive ketones (excluding diaryl/α,β-unsaturated/α-hetero) is 1. The van der Waals surface area contributed by atoms with Gasteiger partial charge in [0.1, 0.15) is 11.5 Å². The molecular formula is C28H34FN6OP. The fraction of sp³-hybridized carbons (Fsp3) is 0.321. The van der Waals surface area contributed by atoms with Crippen molar-refractivity contribution in [2.24, 2.45) is 16.1 Å². The van der Waals surface area contributed by atoms with E-state index in [4.69, 9.17) is 5.73 Å². The van der Waals surface area contributed by atoms with E-state index in [9.17, 15) is 9.18 Å². The lowest BCUT2D eigenvalue weighted by atomic mass is 9.65. The second-order valence-electron chi connectivity index (χ2n) is 9.29. The predicted octanol–water partition coefficient (Wildman–Crippen LogP) is 4.54. The van der Waals surface area contributed by atoms with Crippen molar-refractivity contribution in [1.82, 2.24) is 15.0 Å². The lowest BCUT2D eigenvalue weighted by Crippen LogP contribution is -2.50. The Bertz CT molecular complexity index is 1240. The Morgan fingerprint density at radius 1 is 1.30 bits per heavy atom. The second kappa shape index (κ2) is 11.9. The van der Waals surface area contributed by atoms with Gasteiger partial charge in [0.15, 0.2) is 5.78 Å². The van der Waals surface area contributed by atoms with Gasteiger partial charge >= 0.3 is 0 Å². The van der Waals surface area contributed by atoms with Crippen molar-refractivity contribution < 1.29 is 9.18 Å². The molecule has 9 heteroatoms. The molecule has 0 spiro atoms. The maximum absolute atomic E-state index is 14.2. The van der Waals surface area contributed by atoms with Crippen molar-refractivity contribution in [3.8, 4) is 0 Å². The van der Waals surface area contributed by atoms with Crippen LogP contribution in [0.3, 0.4) is 0 Å². The molecule has 37 heavy (non-hydrogen) atoms. The highest BCUT2D eigenvalue weighted by Gasteiger charge is 2.49. The standard InChI is InChI=1S/C28H34FN6OP/c1-31-17-20-15-28(27(36)25-6-4-5-12-33-25)19-35(37(3)24(16-30)18-32-2)13-11-21(28)14-26(20)34-23-9-7-22(29)8-10-23/h4-10,12,14,16,18,31,34H,11,13,15,17,19,30H2,1-3H3. The van der Waals surface area contributed by atoms with Gasteiger partial charge in [-0.25, -0.2) is 4.39 Å². The first-order valence-corrected chi connectivity index (χ1v) is 14.0. The molecule has 0 bridgehead atoms. The monoisotopic (exact) mass is 520 g/mol. The Labute approximate surface area is 219 Å². The van der Waals surface area contributed by atoms with Crippen LogP contribution in [0.1, 0.15) is 23.3 Å². The number of anilines is 1. The van der Waals surface area contributed by atoms with Crippen LogP contribution in [0.15, 0.2) is 88.1 Å². The number of aromatic nitrogens is 1. The number of pyridine rings is 1. The summed E-state index contributed by atoms with van der Waals surface area (Å²) in [6, 6.07) is 11.8. The fourth-order valence-corrected chi connectivity index (χ4v) is 6.79. The smallest absolute Gasteiger partial charge is 0.192 e. The van der Waals surface area contributed by atoms with E-state index in [1.54, 1.807) is 37.6 Å². The minimum Gasteiger partial charge on any atom is -0.404 e. The molecule has 194 valence electrons. The Morgan fingerprint density at radius 3 is 2.73 bits per heavy atom. The van der Waals surface area contributed by atoms with E-state index in [1.165, 1.54) is 12.1 Å². The van der Waals surface area contributed by atoms with Crippen LogP contribution in [0.4, 0.5) is 10.1 Å². The zero-order valence-electron chi connectivity index (χ0n) is 21.5. The number of hydrogen-bond donors (Lipinski definition) is 3. The van der Waals surface area contributed by atoms with E-state index >= 15 is 0 Å². The summed E-state index contributed by atoms with van der Waals surface area (Å²) in [7, 11) is 2.87. The van der Waals surface area contributed by atoms with Crippen LogP contribution in [0.2, 0.25) is 0 Å². The Kier molecular flexibility index (Phi) is 8.64. The molecule has 1 aliphatic heterocycles. The minimum absolute atomic E-state index is 0.0318. The number of nitrogens with zero attached hydrogens (tertiary/aromatic N) is 3. The normalized spacial score (nSPS) is 21.5. The van der Waals surface area contributed by atoms with Crippen LogP contribution in [0.5, 0.6) is 0 Å². The van der Waals surface area contributed by atoms with Gasteiger partial charge in [-0.15, -0.1) is 0 Å². The van der Waals surface area contributed by atoms with Crippen molar-refractivity contribution >= 4 is 25.8 Å². The summed E-state index contributed by atoms with van der Waals surface area (Å²) in [5, 5.41) is 7.71. The average Bonchev–Trinajstić information content (AvgIpc) is 2.92. The summed E-state index contributed by atoms with van der Waals surface area (Å²) >= 11 is 0. The molecule has 2 aliphatic rings. The quantitative estimate of drug-likeness (QED) is 0.255. The maximum atomic E-state index is 14.2. The number of hydrogen-bond acceptors (Lipinski definition) is 7. The topological polar surface area (TPSA) is 95.6 Å². The van der Waals surface area contributed by atoms with Crippen LogP contribution in [-0.2, 0) is 0 Å². The van der Waals surface area contributed by atoms with Crippen LogP contribution in [-0.4, -0.2) is 62.0 Å². The van der Waals surface area contributed by atoms with E-state index in [0.29, 0.717) is 25.2 Å². The molecule has 1 aromatic heterocycles. The third-order valence-corrected chi connectivity index (χ3v) is 9.20. The molecule has 2 aromatic rings. The number of allylic oxidation sites excluding steroid dienone is 2. The molecule has 1 aromatic carbocycles. The Morgan fingerprint density at radius 2 is 2.08 bits per heavy atom. The number of halogens is 1. The highest BCUT2D eigenvalue weighted by atomic mass is 31.1. The number of piperidine rings is 1. The van der Waals surface area contributed by atoms with Crippen molar-refractivity contribution in [1.29, 1.82) is 0 Å². The van der Waals surface area contributed by atoms with E-state index in [2.05, 4.69) is 38.0 Å². The van der Waals surface area contributed by atoms with E-state index in [-0.39, 0.29) is 11.6 Å². The van der Waals surface area contributed by atoms with Gasteiger partial charge in [-0.3, -0.25) is 19.4 Å². The van der Waals surface area contributed by atoms with E-state index < -0.39 is 13.5 Å². The summed E-state index contributed by atoms with van der Waals surface area (Å²) in [4.78, 5) is 22.9. The molecule has 0 saturated carbocycles. The average molecular weight is 521 g/mol. The van der Waals surface area contributed by atoms with Gasteiger partial charge in [-0.2, -0.15) is 0 Å². The molecule has 1 saturated heterocycles. The zero-order valence-corrected chi connectivity index (χ0v) is 22.4. The number of carbonyl (C=O) groups excluding carboxylic acids is 1. The van der Waals surface area contributed by atoms with Gasteiger partial charge in [0, 0.05) is 62.0 Å². The first-order valence-electron chi connectivity index (χ1n) is 12.3. The zero-order chi connectivity index (χ0) is 26.4. The van der Waals surface area contributed by atoms with Crippen molar-refractivity contribution in [2.45, 2.75) is 12.8 Å². The van der Waals surface area contributed by atoms with Crippen molar-refractivity contribution in [3.63, 3.8) is 0 Å². The number of nitrogens with two attached hydrogens (primary N) is 1. The molecule has 4 rings (SSSR count). The molecular weight excluding hydrogens is 486 g/mol. The Balaban J connectivity index is 1.76. The lowest BCUT2D eigenvalue weighted by Gasteiger charge is -2.48. The lowest BCUT2D eigenvalue weighted by molar-refractivity contribution is 0.0769. The highest BCUT2D eigenvalue weighted by molar-refractivity contribution is 7.60. The number of nitrogens with one attached hydrogen (secondary N) is 2. The number of likely N-dealkylation sites (N-methyl/N-ethyl adjacent to an activating group) is 1. The van der Waals surface area contributed by atoms with Gasteiger partial charge in [0.25, 0.3) is 0 Å². The third-order valence-electron chi connectivity index (χ3n) is 7.00. The number of ketones is 1. The summed E-state index contributed by atoms with van der Waals surface area (Å²) < 4.78 is 15.9.